The maximum absolute atomic E-state index is 12.2. The number of carbonyl (C=O) groups excluding carboxylic acids is 2. The minimum absolute atomic E-state index is 0.0439. The molecule has 0 atom stereocenters. The second-order valence-electron chi connectivity index (χ2n) is 5.23. The molecule has 0 spiro atoms. The summed E-state index contributed by atoms with van der Waals surface area (Å²) < 4.78 is 4.67. The van der Waals surface area contributed by atoms with Crippen molar-refractivity contribution in [3.05, 3.63) is 40.0 Å². The minimum Gasteiger partial charge on any atom is -0.453 e. The number of nitrogens with one attached hydrogen (secondary N) is 1. The molecule has 2 rings (SSSR count). The lowest BCUT2D eigenvalue weighted by atomic mass is 10.2. The molecule has 0 radical (unpaired) electrons. The van der Waals surface area contributed by atoms with Crippen molar-refractivity contribution >= 4 is 40.9 Å². The fraction of sp³-hybridized carbons (Fsp3) is 0.312. The van der Waals surface area contributed by atoms with Gasteiger partial charge in [0, 0.05) is 38.1 Å². The highest BCUT2D eigenvalue weighted by Crippen LogP contribution is 2.25. The number of anilines is 1. The molecule has 0 bridgehead atoms. The molecule has 25 heavy (non-hydrogen) atoms. The van der Waals surface area contributed by atoms with E-state index in [0.29, 0.717) is 41.9 Å². The number of ether oxygens (including phenoxy) is 1. The quantitative estimate of drug-likeness (QED) is 0.641. The van der Waals surface area contributed by atoms with Gasteiger partial charge < -0.3 is 19.9 Å². The Hall–Kier alpha value is -2.43. The van der Waals surface area contributed by atoms with Crippen LogP contribution in [0.4, 0.5) is 10.5 Å². The van der Waals surface area contributed by atoms with Crippen molar-refractivity contribution in [2.45, 2.75) is 0 Å². The standard InChI is InChI=1S/C16H16Cl2N4O3/c1-25-16(24)22-6-4-21(5-7-22)10-11(9-19)15(23)20-12-2-3-13(17)14(18)8-12/h2-3,8,10H,4-7H2,1H3,(H,20,23)/b11-10-. The van der Waals surface area contributed by atoms with Crippen molar-refractivity contribution < 1.29 is 14.3 Å². The van der Waals surface area contributed by atoms with E-state index in [-0.39, 0.29) is 11.7 Å². The van der Waals surface area contributed by atoms with E-state index in [2.05, 4.69) is 10.1 Å². The molecule has 1 N–H and O–H groups in total. The third kappa shape index (κ3) is 5.02. The van der Waals surface area contributed by atoms with E-state index in [1.807, 2.05) is 11.0 Å². The molecule has 1 aliphatic heterocycles. The van der Waals surface area contributed by atoms with Gasteiger partial charge in [0.2, 0.25) is 0 Å². The number of nitrogens with zero attached hydrogens (tertiary/aromatic N) is 3. The molecule has 2 amide bonds. The second-order valence-corrected chi connectivity index (χ2v) is 6.05. The van der Waals surface area contributed by atoms with E-state index in [1.54, 1.807) is 17.0 Å². The normalized spacial score (nSPS) is 14.7. The Morgan fingerprint density at radius 3 is 2.48 bits per heavy atom. The Kier molecular flexibility index (Phi) is 6.51. The van der Waals surface area contributed by atoms with Gasteiger partial charge in [-0.25, -0.2) is 4.79 Å². The van der Waals surface area contributed by atoms with Gasteiger partial charge >= 0.3 is 6.09 Å². The summed E-state index contributed by atoms with van der Waals surface area (Å²) in [5.74, 6) is -0.545. The van der Waals surface area contributed by atoms with Crippen molar-refractivity contribution in [3.63, 3.8) is 0 Å². The Labute approximate surface area is 155 Å². The fourth-order valence-electron chi connectivity index (χ4n) is 2.26. The Bertz CT molecular complexity index is 737. The zero-order valence-electron chi connectivity index (χ0n) is 13.5. The second kappa shape index (κ2) is 8.60. The maximum atomic E-state index is 12.2. The Morgan fingerprint density at radius 1 is 1.24 bits per heavy atom. The predicted molar refractivity (Wildman–Crippen MR) is 94.3 cm³/mol. The third-order valence-corrected chi connectivity index (χ3v) is 4.34. The minimum atomic E-state index is -0.545. The highest BCUT2D eigenvalue weighted by Gasteiger charge is 2.21. The summed E-state index contributed by atoms with van der Waals surface area (Å²) >= 11 is 11.7. The van der Waals surface area contributed by atoms with E-state index in [1.165, 1.54) is 19.4 Å². The summed E-state index contributed by atoms with van der Waals surface area (Å²) in [6, 6.07) is 6.54. The number of methoxy groups -OCH3 is 1. The molecule has 0 aliphatic carbocycles. The summed E-state index contributed by atoms with van der Waals surface area (Å²) in [5.41, 5.74) is 0.397. The average molecular weight is 383 g/mol. The molecule has 0 unspecified atom stereocenters. The number of hydrogen-bond donors (Lipinski definition) is 1. The van der Waals surface area contributed by atoms with Crippen LogP contribution in [0.2, 0.25) is 10.0 Å². The molecule has 0 aromatic heterocycles. The highest BCUT2D eigenvalue weighted by atomic mass is 35.5. The van der Waals surface area contributed by atoms with Gasteiger partial charge in [-0.15, -0.1) is 0 Å². The lowest BCUT2D eigenvalue weighted by Gasteiger charge is -2.33. The van der Waals surface area contributed by atoms with E-state index in [0.717, 1.165) is 0 Å². The van der Waals surface area contributed by atoms with Gasteiger partial charge in [-0.1, -0.05) is 23.2 Å². The fourth-order valence-corrected chi connectivity index (χ4v) is 2.55. The van der Waals surface area contributed by atoms with Gasteiger partial charge in [-0.3, -0.25) is 4.79 Å². The van der Waals surface area contributed by atoms with Crippen LogP contribution in [0.15, 0.2) is 30.0 Å². The molecule has 1 heterocycles. The maximum Gasteiger partial charge on any atom is 0.409 e. The monoisotopic (exact) mass is 382 g/mol. The van der Waals surface area contributed by atoms with Gasteiger partial charge in [-0.05, 0) is 18.2 Å². The van der Waals surface area contributed by atoms with Crippen LogP contribution in [0, 0.1) is 11.3 Å². The first-order valence-electron chi connectivity index (χ1n) is 7.40. The molecule has 7 nitrogen and oxygen atoms in total. The molecule has 1 aliphatic rings. The molecule has 9 heteroatoms. The van der Waals surface area contributed by atoms with Crippen LogP contribution in [-0.4, -0.2) is 55.1 Å². The first-order valence-corrected chi connectivity index (χ1v) is 8.15. The zero-order valence-corrected chi connectivity index (χ0v) is 15.0. The van der Waals surface area contributed by atoms with Crippen LogP contribution in [0.5, 0.6) is 0 Å². The molecular weight excluding hydrogens is 367 g/mol. The van der Waals surface area contributed by atoms with E-state index < -0.39 is 5.91 Å². The molecule has 1 aromatic rings. The summed E-state index contributed by atoms with van der Waals surface area (Å²) in [6.45, 7) is 1.91. The molecule has 1 aromatic carbocycles. The Morgan fingerprint density at radius 2 is 1.92 bits per heavy atom. The number of amides is 2. The number of nitriles is 1. The first-order chi connectivity index (χ1) is 11.9. The highest BCUT2D eigenvalue weighted by molar-refractivity contribution is 6.42. The van der Waals surface area contributed by atoms with E-state index in [4.69, 9.17) is 23.2 Å². The van der Waals surface area contributed by atoms with Crippen LogP contribution in [-0.2, 0) is 9.53 Å². The number of rotatable bonds is 3. The van der Waals surface area contributed by atoms with Crippen LogP contribution in [0.3, 0.4) is 0 Å². The summed E-state index contributed by atoms with van der Waals surface area (Å²) in [5, 5.41) is 12.5. The third-order valence-electron chi connectivity index (χ3n) is 3.60. The predicted octanol–water partition coefficient (Wildman–Crippen LogP) is 2.72. The smallest absolute Gasteiger partial charge is 0.409 e. The van der Waals surface area contributed by atoms with Crippen LogP contribution in [0.1, 0.15) is 0 Å². The lowest BCUT2D eigenvalue weighted by Crippen LogP contribution is -2.47. The van der Waals surface area contributed by atoms with Gasteiger partial charge in [0.15, 0.2) is 0 Å². The number of piperazine rings is 1. The molecule has 132 valence electrons. The number of carbonyl (C=O) groups is 2. The molecular formula is C16H16Cl2N4O3. The Balaban J connectivity index is 2.00. The van der Waals surface area contributed by atoms with E-state index >= 15 is 0 Å². The molecule has 1 fully saturated rings. The van der Waals surface area contributed by atoms with Crippen molar-refractivity contribution in [1.29, 1.82) is 5.26 Å². The number of halogens is 2. The van der Waals surface area contributed by atoms with Crippen molar-refractivity contribution in [2.24, 2.45) is 0 Å². The number of hydrogen-bond acceptors (Lipinski definition) is 5. The summed E-state index contributed by atoms with van der Waals surface area (Å²) in [4.78, 5) is 27.1. The van der Waals surface area contributed by atoms with Gasteiger partial charge in [0.25, 0.3) is 5.91 Å². The van der Waals surface area contributed by atoms with Gasteiger partial charge in [-0.2, -0.15) is 5.26 Å². The zero-order chi connectivity index (χ0) is 18.4. The molecule has 0 saturated carbocycles. The van der Waals surface area contributed by atoms with Crippen LogP contribution < -0.4 is 5.32 Å². The summed E-state index contributed by atoms with van der Waals surface area (Å²) in [7, 11) is 1.33. The first kappa shape index (κ1) is 18.9. The van der Waals surface area contributed by atoms with Crippen molar-refractivity contribution in [2.75, 3.05) is 38.6 Å². The van der Waals surface area contributed by atoms with Gasteiger partial charge in [0.05, 0.1) is 17.2 Å². The van der Waals surface area contributed by atoms with Crippen LogP contribution in [0.25, 0.3) is 0 Å². The number of benzene rings is 1. The van der Waals surface area contributed by atoms with Gasteiger partial charge in [0.1, 0.15) is 11.6 Å². The van der Waals surface area contributed by atoms with Crippen molar-refractivity contribution in [3.8, 4) is 6.07 Å². The topological polar surface area (TPSA) is 85.7 Å². The SMILES string of the molecule is COC(=O)N1CCN(/C=C(/C#N)C(=O)Nc2ccc(Cl)c(Cl)c2)CC1. The largest absolute Gasteiger partial charge is 0.453 e. The van der Waals surface area contributed by atoms with E-state index in [9.17, 15) is 14.9 Å². The average Bonchev–Trinajstić information content (AvgIpc) is 2.62. The molecule has 1 saturated heterocycles. The lowest BCUT2D eigenvalue weighted by molar-refractivity contribution is -0.112. The summed E-state index contributed by atoms with van der Waals surface area (Å²) in [6.07, 6.45) is 1.10. The van der Waals surface area contributed by atoms with Crippen LogP contribution >= 0.6 is 23.2 Å². The van der Waals surface area contributed by atoms with Crippen molar-refractivity contribution in [1.82, 2.24) is 9.80 Å².